The van der Waals surface area contributed by atoms with Crippen LogP contribution in [-0.4, -0.2) is 30.6 Å². The lowest BCUT2D eigenvalue weighted by Crippen LogP contribution is -2.33. The van der Waals surface area contributed by atoms with Gasteiger partial charge < -0.3 is 9.05 Å². The summed E-state index contributed by atoms with van der Waals surface area (Å²) < 4.78 is 23.8. The molecule has 3 aliphatic rings. The fourth-order valence-corrected chi connectivity index (χ4v) is 5.58. The van der Waals surface area contributed by atoms with E-state index in [0.29, 0.717) is 23.6 Å². The average Bonchev–Trinajstić information content (AvgIpc) is 2.44. The van der Waals surface area contributed by atoms with Gasteiger partial charge in [0.15, 0.2) is 0 Å². The van der Waals surface area contributed by atoms with Crippen molar-refractivity contribution in [3.05, 3.63) is 12.2 Å². The molecule has 0 heterocycles. The molecule has 0 spiro atoms. The second-order valence-corrected chi connectivity index (χ2v) is 7.79. The molecule has 1 saturated carbocycles. The van der Waals surface area contributed by atoms with Gasteiger partial charge in [0.1, 0.15) is 0 Å². The van der Waals surface area contributed by atoms with E-state index in [0.717, 1.165) is 12.8 Å². The topological polar surface area (TPSA) is 35.5 Å². The van der Waals surface area contributed by atoms with E-state index in [-0.39, 0.29) is 18.9 Å². The zero-order chi connectivity index (χ0) is 13.0. The Hall–Kier alpha value is 0.470. The summed E-state index contributed by atoms with van der Waals surface area (Å²) in [7, 11) is -3.09. The van der Waals surface area contributed by atoms with Gasteiger partial charge in [-0.15, -0.1) is 23.2 Å². The molecule has 0 N–H and O–H groups in total. The van der Waals surface area contributed by atoms with Crippen LogP contribution in [0.2, 0.25) is 0 Å². The van der Waals surface area contributed by atoms with Crippen molar-refractivity contribution in [2.75, 3.05) is 25.0 Å². The molecule has 3 unspecified atom stereocenters. The average molecular weight is 313 g/mol. The lowest BCUT2D eigenvalue weighted by Gasteiger charge is -2.40. The second-order valence-electron chi connectivity index (χ2n) is 4.77. The Balaban J connectivity index is 2.08. The third-order valence-corrected chi connectivity index (χ3v) is 6.44. The molecule has 3 aliphatic carbocycles. The maximum absolute atomic E-state index is 12.9. The normalized spacial score (nSPS) is 30.9. The van der Waals surface area contributed by atoms with Crippen LogP contribution in [0.25, 0.3) is 0 Å². The molecule has 0 aliphatic heterocycles. The molecule has 1 fully saturated rings. The van der Waals surface area contributed by atoms with Crippen LogP contribution in [0.3, 0.4) is 0 Å². The van der Waals surface area contributed by atoms with Crippen LogP contribution in [-0.2, 0) is 13.6 Å². The summed E-state index contributed by atoms with van der Waals surface area (Å²) in [6.07, 6.45) is 7.55. The van der Waals surface area contributed by atoms with E-state index in [9.17, 15) is 4.57 Å². The smallest absolute Gasteiger partial charge is 0.307 e. The van der Waals surface area contributed by atoms with Gasteiger partial charge in [0.2, 0.25) is 0 Å². The molecule has 2 bridgehead atoms. The fourth-order valence-electron chi connectivity index (χ4n) is 2.82. The molecular formula is C12H19Cl2O3P. The number of hydrogen-bond acceptors (Lipinski definition) is 3. The zero-order valence-corrected chi connectivity index (χ0v) is 12.7. The first-order valence-electron chi connectivity index (χ1n) is 6.38. The Morgan fingerprint density at radius 1 is 1.11 bits per heavy atom. The fraction of sp³-hybridized carbons (Fsp3) is 0.833. The van der Waals surface area contributed by atoms with Crippen LogP contribution in [0.4, 0.5) is 0 Å². The van der Waals surface area contributed by atoms with Crippen molar-refractivity contribution >= 4 is 30.8 Å². The van der Waals surface area contributed by atoms with Crippen LogP contribution >= 0.6 is 30.8 Å². The number of allylic oxidation sites excluding steroid dienone is 2. The first kappa shape index (κ1) is 14.9. The van der Waals surface area contributed by atoms with Gasteiger partial charge in [0.05, 0.1) is 18.9 Å². The first-order valence-corrected chi connectivity index (χ1v) is 9.07. The third-order valence-electron chi connectivity index (χ3n) is 3.64. The highest BCUT2D eigenvalue weighted by Gasteiger charge is 2.45. The largest absolute Gasteiger partial charge is 0.334 e. The Morgan fingerprint density at radius 2 is 1.78 bits per heavy atom. The summed E-state index contributed by atoms with van der Waals surface area (Å²) >= 11 is 11.2. The summed E-state index contributed by atoms with van der Waals surface area (Å²) in [4.78, 5) is 0. The van der Waals surface area contributed by atoms with Crippen molar-refractivity contribution in [1.29, 1.82) is 0 Å². The van der Waals surface area contributed by atoms with Crippen molar-refractivity contribution < 1.29 is 13.6 Å². The maximum Gasteiger partial charge on any atom is 0.334 e. The van der Waals surface area contributed by atoms with Crippen LogP contribution in [0.1, 0.15) is 19.3 Å². The van der Waals surface area contributed by atoms with Crippen LogP contribution in [0, 0.1) is 11.8 Å². The minimum Gasteiger partial charge on any atom is -0.307 e. The van der Waals surface area contributed by atoms with Crippen molar-refractivity contribution in [2.24, 2.45) is 11.8 Å². The van der Waals surface area contributed by atoms with Gasteiger partial charge in [-0.05, 0) is 31.1 Å². The van der Waals surface area contributed by atoms with E-state index in [1.165, 1.54) is 6.42 Å². The summed E-state index contributed by atoms with van der Waals surface area (Å²) in [5.74, 6) is 1.48. The van der Waals surface area contributed by atoms with Gasteiger partial charge in [0.25, 0.3) is 0 Å². The molecule has 104 valence electrons. The lowest BCUT2D eigenvalue weighted by molar-refractivity contribution is 0.191. The Morgan fingerprint density at radius 3 is 2.17 bits per heavy atom. The zero-order valence-electron chi connectivity index (χ0n) is 10.3. The quantitative estimate of drug-likeness (QED) is 0.404. The van der Waals surface area contributed by atoms with E-state index in [1.807, 2.05) is 0 Å². The standard InChI is InChI=1S/C12H19Cl2O3P/c13-5-7-16-18(15,17-8-6-14)12-9-10-1-3-11(12)4-2-10/h1,3,10-12H,2,4-9H2. The second kappa shape index (κ2) is 6.76. The molecule has 3 atom stereocenters. The number of hydrogen-bond donors (Lipinski definition) is 0. The predicted octanol–water partition coefficient (Wildman–Crippen LogP) is 4.05. The van der Waals surface area contributed by atoms with E-state index < -0.39 is 7.60 Å². The lowest BCUT2D eigenvalue weighted by atomic mass is 9.76. The van der Waals surface area contributed by atoms with E-state index >= 15 is 0 Å². The molecule has 0 aromatic heterocycles. The molecular weight excluding hydrogens is 294 g/mol. The molecule has 0 aromatic rings. The van der Waals surface area contributed by atoms with E-state index in [1.54, 1.807) is 0 Å². The van der Waals surface area contributed by atoms with Gasteiger partial charge in [-0.1, -0.05) is 12.2 Å². The van der Waals surface area contributed by atoms with Crippen LogP contribution in [0.15, 0.2) is 12.2 Å². The molecule has 3 rings (SSSR count). The minimum absolute atomic E-state index is 0.0207. The van der Waals surface area contributed by atoms with Crippen molar-refractivity contribution in [3.8, 4) is 0 Å². The highest BCUT2D eigenvalue weighted by molar-refractivity contribution is 7.54. The highest BCUT2D eigenvalue weighted by Crippen LogP contribution is 2.61. The van der Waals surface area contributed by atoms with Crippen molar-refractivity contribution in [1.82, 2.24) is 0 Å². The molecule has 0 radical (unpaired) electrons. The SMILES string of the molecule is O=P(OCCCl)(OCCCl)C1CC2C=CC1CC2. The first-order chi connectivity index (χ1) is 8.69. The Kier molecular flexibility index (Phi) is 5.59. The third kappa shape index (κ3) is 3.32. The van der Waals surface area contributed by atoms with Gasteiger partial charge >= 0.3 is 7.60 Å². The maximum atomic E-state index is 12.9. The minimum atomic E-state index is -3.09. The molecule has 18 heavy (non-hydrogen) atoms. The monoisotopic (exact) mass is 312 g/mol. The summed E-state index contributed by atoms with van der Waals surface area (Å²) in [5.41, 5.74) is -0.0207. The van der Waals surface area contributed by atoms with Gasteiger partial charge in [0, 0.05) is 11.8 Å². The van der Waals surface area contributed by atoms with Gasteiger partial charge in [-0.2, -0.15) is 0 Å². The summed E-state index contributed by atoms with van der Waals surface area (Å²) in [5, 5.41) is 0. The number of alkyl halides is 2. The molecule has 0 aromatic carbocycles. The summed E-state index contributed by atoms with van der Waals surface area (Å²) in [6, 6.07) is 0. The van der Waals surface area contributed by atoms with E-state index in [2.05, 4.69) is 12.2 Å². The van der Waals surface area contributed by atoms with Crippen LogP contribution < -0.4 is 0 Å². The Labute approximate surface area is 118 Å². The molecule has 3 nitrogen and oxygen atoms in total. The van der Waals surface area contributed by atoms with Gasteiger partial charge in [-0.25, -0.2) is 0 Å². The molecule has 0 amide bonds. The van der Waals surface area contributed by atoms with E-state index in [4.69, 9.17) is 32.2 Å². The predicted molar refractivity (Wildman–Crippen MR) is 74.7 cm³/mol. The van der Waals surface area contributed by atoms with Gasteiger partial charge in [-0.3, -0.25) is 4.57 Å². The van der Waals surface area contributed by atoms with Crippen molar-refractivity contribution in [3.63, 3.8) is 0 Å². The number of fused-ring (bicyclic) bond motifs is 2. The van der Waals surface area contributed by atoms with Crippen molar-refractivity contribution in [2.45, 2.75) is 24.9 Å². The van der Waals surface area contributed by atoms with Crippen LogP contribution in [0.5, 0.6) is 0 Å². The molecule has 0 saturated heterocycles. The summed E-state index contributed by atoms with van der Waals surface area (Å²) in [6.45, 7) is 0.525. The highest BCUT2D eigenvalue weighted by atomic mass is 35.5. The number of halogens is 2. The Bertz CT molecular complexity index is 336. The number of rotatable bonds is 7. The molecule has 6 heteroatoms.